The fourth-order valence-corrected chi connectivity index (χ4v) is 2.97. The van der Waals surface area contributed by atoms with Gasteiger partial charge in [0, 0.05) is 24.0 Å². The summed E-state index contributed by atoms with van der Waals surface area (Å²) in [4.78, 5) is 18.0. The summed E-state index contributed by atoms with van der Waals surface area (Å²) in [6, 6.07) is 1.36. The third kappa shape index (κ3) is 2.58. The van der Waals surface area contributed by atoms with E-state index in [0.29, 0.717) is 17.8 Å². The van der Waals surface area contributed by atoms with Crippen LogP contribution in [0, 0.1) is 4.64 Å². The summed E-state index contributed by atoms with van der Waals surface area (Å²) in [7, 11) is 0. The van der Waals surface area contributed by atoms with E-state index >= 15 is 0 Å². The van der Waals surface area contributed by atoms with Crippen LogP contribution >= 0.6 is 12.2 Å². The Bertz CT molecular complexity index is 803. The lowest BCUT2D eigenvalue weighted by molar-refractivity contribution is 0.00224. The van der Waals surface area contributed by atoms with Crippen LogP contribution in [-0.4, -0.2) is 42.9 Å². The largest absolute Gasteiger partial charge is 0.388 e. The lowest BCUT2D eigenvalue weighted by atomic mass is 10.0. The number of nitrogens with one attached hydrogen (secondary N) is 1. The van der Waals surface area contributed by atoms with Gasteiger partial charge >= 0.3 is 0 Å². The number of rotatable bonds is 3. The van der Waals surface area contributed by atoms with E-state index in [9.17, 15) is 15.0 Å². The Morgan fingerprint density at radius 3 is 2.95 bits per heavy atom. The highest BCUT2D eigenvalue weighted by molar-refractivity contribution is 7.71. The van der Waals surface area contributed by atoms with E-state index in [0.717, 1.165) is 6.42 Å². The maximum Gasteiger partial charge on any atom is 0.252 e. The van der Waals surface area contributed by atoms with Crippen LogP contribution in [0.25, 0.3) is 5.78 Å². The Morgan fingerprint density at radius 2 is 2.23 bits per heavy atom. The van der Waals surface area contributed by atoms with Gasteiger partial charge in [-0.3, -0.25) is 14.2 Å². The highest BCUT2D eigenvalue weighted by Gasteiger charge is 2.43. The highest BCUT2D eigenvalue weighted by atomic mass is 32.1. The van der Waals surface area contributed by atoms with Gasteiger partial charge in [0.25, 0.3) is 5.56 Å². The molecule has 2 aromatic rings. The highest BCUT2D eigenvalue weighted by Crippen LogP contribution is 2.35. The van der Waals surface area contributed by atoms with Crippen LogP contribution in [0.3, 0.4) is 0 Å². The Morgan fingerprint density at radius 1 is 1.45 bits per heavy atom. The molecule has 7 nitrogen and oxygen atoms in total. The standard InChI is InChI=1S/C14H17N3O4S/c1-2-3-8-10(19)11(20)12(21-8)7-6-17-5-4-9(18)15-14(17)16-13(7)22/h4-6,8,10-12,19-20H,2-3H2,1H3,(H,15,16,18,22). The molecule has 0 aliphatic carbocycles. The van der Waals surface area contributed by atoms with Crippen molar-refractivity contribution in [2.75, 3.05) is 0 Å². The topological polar surface area (TPSA) is 99.9 Å². The van der Waals surface area contributed by atoms with Crippen LogP contribution in [0.5, 0.6) is 0 Å². The Labute approximate surface area is 131 Å². The van der Waals surface area contributed by atoms with Crippen LogP contribution in [0.1, 0.15) is 31.4 Å². The van der Waals surface area contributed by atoms with Gasteiger partial charge in [0.1, 0.15) is 23.0 Å². The van der Waals surface area contributed by atoms with Crippen LogP contribution in [-0.2, 0) is 4.74 Å². The minimum absolute atomic E-state index is 0.232. The number of ether oxygens (including phenoxy) is 1. The minimum Gasteiger partial charge on any atom is -0.388 e. The van der Waals surface area contributed by atoms with Gasteiger partial charge in [-0.2, -0.15) is 0 Å². The number of aromatic amines is 1. The van der Waals surface area contributed by atoms with Gasteiger partial charge in [0.05, 0.1) is 6.10 Å². The quantitative estimate of drug-likeness (QED) is 0.720. The van der Waals surface area contributed by atoms with Gasteiger partial charge in [-0.05, 0) is 6.42 Å². The van der Waals surface area contributed by atoms with Gasteiger partial charge in [0.2, 0.25) is 5.78 Å². The predicted octanol–water partition coefficient (Wildman–Crippen LogP) is 0.714. The molecule has 3 N–H and O–H groups in total. The first kappa shape index (κ1) is 15.3. The molecule has 3 rings (SSSR count). The van der Waals surface area contributed by atoms with Gasteiger partial charge in [0.15, 0.2) is 0 Å². The van der Waals surface area contributed by atoms with Gasteiger partial charge in [-0.1, -0.05) is 25.6 Å². The molecule has 4 atom stereocenters. The first-order chi connectivity index (χ1) is 10.5. The van der Waals surface area contributed by atoms with Crippen molar-refractivity contribution in [2.24, 2.45) is 0 Å². The molecule has 1 fully saturated rings. The minimum atomic E-state index is -1.05. The van der Waals surface area contributed by atoms with Crippen molar-refractivity contribution in [3.63, 3.8) is 0 Å². The third-order valence-electron chi connectivity index (χ3n) is 3.84. The average molecular weight is 323 g/mol. The maximum absolute atomic E-state index is 11.3. The van der Waals surface area contributed by atoms with Gasteiger partial charge in [-0.25, -0.2) is 4.98 Å². The molecule has 4 unspecified atom stereocenters. The molecule has 0 spiro atoms. The average Bonchev–Trinajstić information content (AvgIpc) is 2.75. The molecule has 8 heteroatoms. The van der Waals surface area contributed by atoms with Crippen molar-refractivity contribution >= 4 is 18.0 Å². The second-order valence-electron chi connectivity index (χ2n) is 5.40. The molecule has 22 heavy (non-hydrogen) atoms. The molecule has 0 saturated carbocycles. The molecular formula is C14H17N3O4S. The number of nitrogens with zero attached hydrogens (tertiary/aromatic N) is 2. The van der Waals surface area contributed by atoms with Crippen molar-refractivity contribution in [3.8, 4) is 0 Å². The number of aromatic nitrogens is 3. The predicted molar refractivity (Wildman–Crippen MR) is 81.2 cm³/mol. The van der Waals surface area contributed by atoms with Crippen molar-refractivity contribution in [1.29, 1.82) is 0 Å². The smallest absolute Gasteiger partial charge is 0.252 e. The molecule has 3 heterocycles. The Balaban J connectivity index is 2.03. The molecule has 1 aliphatic rings. The van der Waals surface area contributed by atoms with E-state index in [-0.39, 0.29) is 10.2 Å². The lowest BCUT2D eigenvalue weighted by Crippen LogP contribution is -2.30. The first-order valence-corrected chi connectivity index (χ1v) is 7.56. The van der Waals surface area contributed by atoms with E-state index in [1.54, 1.807) is 16.8 Å². The second-order valence-corrected chi connectivity index (χ2v) is 5.79. The summed E-state index contributed by atoms with van der Waals surface area (Å²) in [5, 5.41) is 20.3. The second kappa shape index (κ2) is 5.88. The summed E-state index contributed by atoms with van der Waals surface area (Å²) in [5.41, 5.74) is 0.245. The fourth-order valence-electron chi connectivity index (χ4n) is 2.71. The zero-order valence-electron chi connectivity index (χ0n) is 12.0. The molecule has 1 saturated heterocycles. The Hall–Kier alpha value is -1.61. The molecule has 118 valence electrons. The zero-order chi connectivity index (χ0) is 15.9. The maximum atomic E-state index is 11.3. The van der Waals surface area contributed by atoms with E-state index < -0.39 is 24.4 Å². The molecule has 0 aromatic carbocycles. The third-order valence-corrected chi connectivity index (χ3v) is 4.17. The summed E-state index contributed by atoms with van der Waals surface area (Å²) in [6.45, 7) is 1.98. The molecule has 1 aliphatic heterocycles. The number of H-pyrrole nitrogens is 1. The van der Waals surface area contributed by atoms with E-state index in [1.165, 1.54) is 6.07 Å². The van der Waals surface area contributed by atoms with E-state index in [2.05, 4.69) is 9.97 Å². The van der Waals surface area contributed by atoms with Crippen LogP contribution in [0.15, 0.2) is 23.3 Å². The Kier molecular flexibility index (Phi) is 4.09. The molecular weight excluding hydrogens is 306 g/mol. The van der Waals surface area contributed by atoms with Gasteiger partial charge in [-0.15, -0.1) is 0 Å². The number of hydrogen-bond acceptors (Lipinski definition) is 6. The van der Waals surface area contributed by atoms with Crippen molar-refractivity contribution in [1.82, 2.24) is 14.4 Å². The van der Waals surface area contributed by atoms with Crippen LogP contribution in [0.4, 0.5) is 0 Å². The van der Waals surface area contributed by atoms with Crippen molar-refractivity contribution < 1.29 is 14.9 Å². The van der Waals surface area contributed by atoms with E-state index in [4.69, 9.17) is 17.0 Å². The van der Waals surface area contributed by atoms with Crippen LogP contribution in [0.2, 0.25) is 0 Å². The molecule has 0 radical (unpaired) electrons. The summed E-state index contributed by atoms with van der Waals surface area (Å²) < 4.78 is 7.61. The fraction of sp³-hybridized carbons (Fsp3) is 0.500. The number of hydrogen-bond donors (Lipinski definition) is 3. The molecule has 2 aromatic heterocycles. The van der Waals surface area contributed by atoms with E-state index in [1.807, 2.05) is 6.92 Å². The first-order valence-electron chi connectivity index (χ1n) is 7.15. The summed E-state index contributed by atoms with van der Waals surface area (Å²) >= 11 is 5.23. The SMILES string of the molecule is CCCC1OC(c2cn3ccc(=O)[nH]c3nc2=S)C(O)C1O. The molecule has 0 bridgehead atoms. The van der Waals surface area contributed by atoms with Crippen molar-refractivity contribution in [2.45, 2.75) is 44.2 Å². The zero-order valence-corrected chi connectivity index (χ0v) is 12.8. The molecule has 0 amide bonds. The number of aliphatic hydroxyl groups excluding tert-OH is 2. The summed E-state index contributed by atoms with van der Waals surface area (Å²) in [6.07, 6.45) is 1.56. The number of fused-ring (bicyclic) bond motifs is 1. The van der Waals surface area contributed by atoms with Crippen molar-refractivity contribution in [3.05, 3.63) is 39.0 Å². The number of aliphatic hydroxyl groups is 2. The normalized spacial score (nSPS) is 28.3. The van der Waals surface area contributed by atoms with Crippen LogP contribution < -0.4 is 5.56 Å². The lowest BCUT2D eigenvalue weighted by Gasteiger charge is -2.15. The summed E-state index contributed by atoms with van der Waals surface area (Å²) in [5.74, 6) is 0.319. The monoisotopic (exact) mass is 323 g/mol. The van der Waals surface area contributed by atoms with Gasteiger partial charge < -0.3 is 14.9 Å².